The Morgan fingerprint density at radius 3 is 2.88 bits per heavy atom. The molecule has 4 aromatic rings. The number of rotatable bonds is 2. The predicted molar refractivity (Wildman–Crippen MR) is 98.6 cm³/mol. The molecule has 1 aromatic carbocycles. The van der Waals surface area contributed by atoms with Crippen molar-refractivity contribution in [2.75, 3.05) is 5.32 Å². The Morgan fingerprint density at radius 2 is 2.08 bits per heavy atom. The fraction of sp³-hybridized carbons (Fsp3) is 0.111. The van der Waals surface area contributed by atoms with Gasteiger partial charge in [-0.15, -0.1) is 0 Å². The molecular weight excluding hydrogens is 387 g/mol. The normalized spacial score (nSPS) is 11.4. The minimum atomic E-state index is -0.484. The number of H-pyrrole nitrogens is 1. The number of aryl methyl sites for hydroxylation is 2. The Bertz CT molecular complexity index is 1150. The first-order chi connectivity index (χ1) is 11.9. The molecule has 4 rings (SSSR count). The van der Waals surface area contributed by atoms with Gasteiger partial charge in [0.25, 0.3) is 5.91 Å². The molecule has 1 amide bonds. The third-order valence-electron chi connectivity index (χ3n) is 4.00. The Hall–Kier alpha value is -2.67. The number of hydrogen-bond donors (Lipinski definition) is 2. The van der Waals surface area contributed by atoms with Gasteiger partial charge in [-0.25, -0.2) is 9.37 Å². The van der Waals surface area contributed by atoms with Gasteiger partial charge in [0.1, 0.15) is 0 Å². The number of aromatic amines is 1. The van der Waals surface area contributed by atoms with E-state index in [1.807, 2.05) is 19.1 Å². The number of fused-ring (bicyclic) bond motifs is 2. The number of halogens is 2. The first-order valence-corrected chi connectivity index (χ1v) is 8.46. The number of pyridine rings is 1. The summed E-state index contributed by atoms with van der Waals surface area (Å²) in [6.45, 7) is 3.72. The number of nitrogens with zero attached hydrogens (tertiary/aromatic N) is 2. The van der Waals surface area contributed by atoms with Crippen LogP contribution in [-0.4, -0.2) is 20.3 Å². The summed E-state index contributed by atoms with van der Waals surface area (Å²) in [7, 11) is 0. The third-order valence-corrected chi connectivity index (χ3v) is 4.70. The summed E-state index contributed by atoms with van der Waals surface area (Å²) in [6.07, 6.45) is 3.35. The molecule has 0 fully saturated rings. The van der Waals surface area contributed by atoms with Crippen LogP contribution in [0.4, 0.5) is 10.1 Å². The highest BCUT2D eigenvalue weighted by molar-refractivity contribution is 9.10. The Labute approximate surface area is 151 Å². The van der Waals surface area contributed by atoms with E-state index in [9.17, 15) is 9.18 Å². The molecule has 7 heteroatoms. The minimum Gasteiger partial charge on any atom is -0.358 e. The lowest BCUT2D eigenvalue weighted by atomic mass is 10.1. The Balaban J connectivity index is 1.74. The first kappa shape index (κ1) is 15.8. The highest BCUT2D eigenvalue weighted by Gasteiger charge is 2.15. The van der Waals surface area contributed by atoms with Crippen LogP contribution in [0.3, 0.4) is 0 Å². The lowest BCUT2D eigenvalue weighted by molar-refractivity contribution is 0.102. The number of nitrogens with one attached hydrogen (secondary N) is 2. The molecule has 0 saturated carbocycles. The van der Waals surface area contributed by atoms with Crippen molar-refractivity contribution in [1.82, 2.24) is 14.4 Å². The lowest BCUT2D eigenvalue weighted by Gasteiger charge is -2.08. The number of carbonyl (C=O) groups is 1. The molecule has 0 unspecified atom stereocenters. The molecule has 0 aliphatic carbocycles. The molecule has 0 atom stereocenters. The van der Waals surface area contributed by atoms with Crippen molar-refractivity contribution in [1.29, 1.82) is 0 Å². The molecule has 0 spiro atoms. The van der Waals surface area contributed by atoms with Crippen molar-refractivity contribution in [3.8, 4) is 0 Å². The molecule has 0 aliphatic rings. The van der Waals surface area contributed by atoms with Gasteiger partial charge in [0, 0.05) is 34.0 Å². The standard InChI is InChI=1S/C18H14BrFN4O/c1-9-5-13-14(19)4-3-12(16(13)21-9)18(25)23-11-6-15(20)17-22-10(2)7-24(17)8-11/h3-8,21H,1-2H3,(H,23,25). The topological polar surface area (TPSA) is 62.2 Å². The monoisotopic (exact) mass is 400 g/mol. The van der Waals surface area contributed by atoms with Gasteiger partial charge >= 0.3 is 0 Å². The highest BCUT2D eigenvalue weighted by Crippen LogP contribution is 2.28. The molecule has 3 aromatic heterocycles. The lowest BCUT2D eigenvalue weighted by Crippen LogP contribution is -2.13. The number of carbonyl (C=O) groups excluding carboxylic acids is 1. The number of hydrogen-bond acceptors (Lipinski definition) is 2. The van der Waals surface area contributed by atoms with Crippen molar-refractivity contribution in [3.05, 3.63) is 63.9 Å². The average Bonchev–Trinajstić information content (AvgIpc) is 3.10. The molecule has 25 heavy (non-hydrogen) atoms. The molecule has 0 saturated heterocycles. The zero-order valence-electron chi connectivity index (χ0n) is 13.5. The fourth-order valence-electron chi connectivity index (χ4n) is 2.96. The van der Waals surface area contributed by atoms with E-state index >= 15 is 0 Å². The molecule has 0 aliphatic heterocycles. The van der Waals surface area contributed by atoms with Crippen LogP contribution in [0, 0.1) is 19.7 Å². The first-order valence-electron chi connectivity index (χ1n) is 7.66. The van der Waals surface area contributed by atoms with E-state index in [1.165, 1.54) is 6.07 Å². The zero-order chi connectivity index (χ0) is 17.7. The summed E-state index contributed by atoms with van der Waals surface area (Å²) in [6, 6.07) is 6.80. The van der Waals surface area contributed by atoms with Crippen molar-refractivity contribution in [2.45, 2.75) is 13.8 Å². The molecule has 0 radical (unpaired) electrons. The average molecular weight is 401 g/mol. The van der Waals surface area contributed by atoms with Gasteiger partial charge < -0.3 is 14.7 Å². The maximum Gasteiger partial charge on any atom is 0.257 e. The summed E-state index contributed by atoms with van der Waals surface area (Å²) < 4.78 is 16.6. The van der Waals surface area contributed by atoms with Gasteiger partial charge in [-0.2, -0.15) is 0 Å². The van der Waals surface area contributed by atoms with Gasteiger partial charge in [0.2, 0.25) is 0 Å². The summed E-state index contributed by atoms with van der Waals surface area (Å²) in [5.41, 5.74) is 3.50. The van der Waals surface area contributed by atoms with E-state index in [4.69, 9.17) is 0 Å². The maximum atomic E-state index is 14.2. The quantitative estimate of drug-likeness (QED) is 0.516. The SMILES string of the molecule is Cc1cn2cc(NC(=O)c3ccc(Br)c4cc(C)[nH]c34)cc(F)c2n1. The van der Waals surface area contributed by atoms with Gasteiger partial charge in [0.15, 0.2) is 11.5 Å². The number of anilines is 1. The van der Waals surface area contributed by atoms with Crippen LogP contribution in [0.15, 0.2) is 41.1 Å². The van der Waals surface area contributed by atoms with E-state index in [2.05, 4.69) is 31.2 Å². The van der Waals surface area contributed by atoms with E-state index < -0.39 is 5.82 Å². The number of benzene rings is 1. The molecule has 0 bridgehead atoms. The summed E-state index contributed by atoms with van der Waals surface area (Å²) in [4.78, 5) is 20.0. The van der Waals surface area contributed by atoms with E-state index in [1.54, 1.807) is 29.8 Å². The Kier molecular flexibility index (Phi) is 3.61. The largest absolute Gasteiger partial charge is 0.358 e. The van der Waals surface area contributed by atoms with Gasteiger partial charge in [-0.3, -0.25) is 4.79 Å². The van der Waals surface area contributed by atoms with Crippen LogP contribution in [0.5, 0.6) is 0 Å². The minimum absolute atomic E-state index is 0.238. The molecular formula is C18H14BrFN4O. The number of amides is 1. The summed E-state index contributed by atoms with van der Waals surface area (Å²) >= 11 is 3.49. The van der Waals surface area contributed by atoms with Crippen molar-refractivity contribution in [3.63, 3.8) is 0 Å². The smallest absolute Gasteiger partial charge is 0.257 e. The fourth-order valence-corrected chi connectivity index (χ4v) is 3.40. The highest BCUT2D eigenvalue weighted by atomic mass is 79.9. The van der Waals surface area contributed by atoms with Crippen LogP contribution >= 0.6 is 15.9 Å². The molecule has 3 heterocycles. The van der Waals surface area contributed by atoms with Crippen LogP contribution in [0.1, 0.15) is 21.7 Å². The summed E-state index contributed by atoms with van der Waals surface area (Å²) in [5.74, 6) is -0.794. The van der Waals surface area contributed by atoms with E-state index in [0.29, 0.717) is 16.9 Å². The Morgan fingerprint density at radius 1 is 1.28 bits per heavy atom. The van der Waals surface area contributed by atoms with E-state index in [0.717, 1.165) is 21.1 Å². The summed E-state index contributed by atoms with van der Waals surface area (Å²) in [5, 5.41) is 3.69. The van der Waals surface area contributed by atoms with Crippen LogP contribution in [0.25, 0.3) is 16.6 Å². The van der Waals surface area contributed by atoms with Crippen LogP contribution in [-0.2, 0) is 0 Å². The van der Waals surface area contributed by atoms with E-state index in [-0.39, 0.29) is 11.6 Å². The molecule has 126 valence electrons. The van der Waals surface area contributed by atoms with Crippen LogP contribution in [0.2, 0.25) is 0 Å². The second-order valence-corrected chi connectivity index (χ2v) is 6.83. The van der Waals surface area contributed by atoms with Gasteiger partial charge in [-0.1, -0.05) is 15.9 Å². The van der Waals surface area contributed by atoms with Gasteiger partial charge in [-0.05, 0) is 32.0 Å². The second kappa shape index (κ2) is 5.70. The van der Waals surface area contributed by atoms with Crippen molar-refractivity contribution >= 4 is 44.1 Å². The molecule has 2 N–H and O–H groups in total. The maximum absolute atomic E-state index is 14.2. The van der Waals surface area contributed by atoms with Crippen molar-refractivity contribution in [2.24, 2.45) is 0 Å². The molecule has 5 nitrogen and oxygen atoms in total. The third kappa shape index (κ3) is 2.70. The second-order valence-electron chi connectivity index (χ2n) is 5.98. The predicted octanol–water partition coefficient (Wildman–Crippen LogP) is 4.59. The van der Waals surface area contributed by atoms with Crippen molar-refractivity contribution < 1.29 is 9.18 Å². The van der Waals surface area contributed by atoms with Gasteiger partial charge in [0.05, 0.1) is 22.5 Å². The number of aromatic nitrogens is 3. The zero-order valence-corrected chi connectivity index (χ0v) is 15.1. The van der Waals surface area contributed by atoms with Crippen LogP contribution < -0.4 is 5.32 Å². The number of imidazole rings is 1.